The van der Waals surface area contributed by atoms with Gasteiger partial charge in [0.25, 0.3) is 0 Å². The fourth-order valence-electron chi connectivity index (χ4n) is 4.80. The summed E-state index contributed by atoms with van der Waals surface area (Å²) >= 11 is 5.83. The number of nitrogens with one attached hydrogen (secondary N) is 1. The third-order valence-electron chi connectivity index (χ3n) is 6.36. The van der Waals surface area contributed by atoms with Crippen molar-refractivity contribution < 1.29 is 9.47 Å². The molecule has 6 nitrogen and oxygen atoms in total. The van der Waals surface area contributed by atoms with E-state index < -0.39 is 0 Å². The molecule has 0 bridgehead atoms. The standard InChI is InChI=1S/C25H28N4O2S/c1-17-8-13-22(29(17)18-9-11-19(30-2)12-10-18)24-23(21-7-3-4-14-26-21)27-25(32)28(24)16-20-6-5-15-31-20/h3-4,7-14,20,23-24H,5-6,15-16H2,1-2H3,(H,27,32). The molecule has 0 radical (unpaired) electrons. The van der Waals surface area contributed by atoms with Crippen LogP contribution in [0.25, 0.3) is 5.69 Å². The molecule has 2 saturated heterocycles. The maximum atomic E-state index is 5.97. The summed E-state index contributed by atoms with van der Waals surface area (Å²) in [6, 6.07) is 18.5. The Hall–Kier alpha value is -2.90. The van der Waals surface area contributed by atoms with Crippen molar-refractivity contribution in [3.8, 4) is 11.4 Å². The zero-order chi connectivity index (χ0) is 22.1. The first-order chi connectivity index (χ1) is 15.7. The van der Waals surface area contributed by atoms with Crippen molar-refractivity contribution in [2.75, 3.05) is 20.3 Å². The fourth-order valence-corrected chi connectivity index (χ4v) is 5.12. The molecule has 1 aromatic carbocycles. The molecule has 2 aliphatic heterocycles. The van der Waals surface area contributed by atoms with E-state index in [2.05, 4.69) is 57.0 Å². The Balaban J connectivity index is 1.58. The van der Waals surface area contributed by atoms with E-state index in [1.807, 2.05) is 30.5 Å². The Morgan fingerprint density at radius 2 is 2.00 bits per heavy atom. The van der Waals surface area contributed by atoms with Gasteiger partial charge in [0.2, 0.25) is 0 Å². The number of aromatic nitrogens is 2. The first kappa shape index (κ1) is 21.0. The van der Waals surface area contributed by atoms with Gasteiger partial charge >= 0.3 is 0 Å². The molecular weight excluding hydrogens is 420 g/mol. The molecule has 2 aromatic heterocycles. The van der Waals surface area contributed by atoms with Crippen molar-refractivity contribution in [1.29, 1.82) is 0 Å². The summed E-state index contributed by atoms with van der Waals surface area (Å²) in [6.07, 6.45) is 4.21. The predicted molar refractivity (Wildman–Crippen MR) is 128 cm³/mol. The Morgan fingerprint density at radius 1 is 1.16 bits per heavy atom. The molecule has 5 rings (SSSR count). The molecule has 1 N–H and O–H groups in total. The highest BCUT2D eigenvalue weighted by molar-refractivity contribution is 7.80. The van der Waals surface area contributed by atoms with E-state index in [-0.39, 0.29) is 18.2 Å². The van der Waals surface area contributed by atoms with Crippen LogP contribution in [0.1, 0.15) is 42.0 Å². The molecule has 32 heavy (non-hydrogen) atoms. The van der Waals surface area contributed by atoms with Gasteiger partial charge in [0.05, 0.1) is 31.0 Å². The number of aryl methyl sites for hydroxylation is 1. The van der Waals surface area contributed by atoms with E-state index in [1.54, 1.807) is 7.11 Å². The second kappa shape index (κ2) is 8.92. The maximum Gasteiger partial charge on any atom is 0.170 e. The van der Waals surface area contributed by atoms with Crippen molar-refractivity contribution >= 4 is 17.3 Å². The number of thiocarbonyl (C=S) groups is 1. The Kier molecular flexibility index (Phi) is 5.85. The number of hydrogen-bond donors (Lipinski definition) is 1. The van der Waals surface area contributed by atoms with E-state index in [1.165, 1.54) is 11.4 Å². The van der Waals surface area contributed by atoms with Crippen LogP contribution in [-0.2, 0) is 4.74 Å². The monoisotopic (exact) mass is 448 g/mol. The molecule has 3 atom stereocenters. The second-order valence-corrected chi connectivity index (χ2v) is 8.73. The van der Waals surface area contributed by atoms with Gasteiger partial charge in [-0.05, 0) is 80.5 Å². The summed E-state index contributed by atoms with van der Waals surface area (Å²) in [5.41, 5.74) is 4.42. The molecule has 0 amide bonds. The summed E-state index contributed by atoms with van der Waals surface area (Å²) in [4.78, 5) is 6.95. The minimum Gasteiger partial charge on any atom is -0.497 e. The van der Waals surface area contributed by atoms with Crippen LogP contribution in [0, 0.1) is 6.92 Å². The molecule has 4 heterocycles. The van der Waals surface area contributed by atoms with Gasteiger partial charge < -0.3 is 24.3 Å². The molecule has 3 unspecified atom stereocenters. The van der Waals surface area contributed by atoms with E-state index in [9.17, 15) is 0 Å². The Morgan fingerprint density at radius 3 is 2.69 bits per heavy atom. The largest absolute Gasteiger partial charge is 0.497 e. The van der Waals surface area contributed by atoms with Gasteiger partial charge in [-0.25, -0.2) is 0 Å². The Bertz CT molecular complexity index is 1080. The SMILES string of the molecule is COc1ccc(-n2c(C)ccc2C2C(c3ccccn3)NC(=S)N2CC2CCCO2)cc1. The first-order valence-electron chi connectivity index (χ1n) is 11.1. The molecule has 0 aliphatic carbocycles. The summed E-state index contributed by atoms with van der Waals surface area (Å²) in [6.45, 7) is 3.73. The minimum atomic E-state index is -0.0450. The number of rotatable bonds is 6. The number of pyridine rings is 1. The molecule has 2 aliphatic rings. The number of hydrogen-bond acceptors (Lipinski definition) is 4. The lowest BCUT2D eigenvalue weighted by atomic mass is 10.0. The van der Waals surface area contributed by atoms with Gasteiger partial charge in [-0.1, -0.05) is 6.07 Å². The molecule has 2 fully saturated rings. The van der Waals surface area contributed by atoms with Crippen molar-refractivity contribution in [2.24, 2.45) is 0 Å². The lowest BCUT2D eigenvalue weighted by molar-refractivity contribution is 0.0836. The minimum absolute atomic E-state index is 0.00241. The van der Waals surface area contributed by atoms with Gasteiger partial charge in [0.15, 0.2) is 5.11 Å². The van der Waals surface area contributed by atoms with Crippen LogP contribution >= 0.6 is 12.2 Å². The summed E-state index contributed by atoms with van der Waals surface area (Å²) < 4.78 is 13.6. The van der Waals surface area contributed by atoms with E-state index in [4.69, 9.17) is 21.7 Å². The molecular formula is C25H28N4O2S. The van der Waals surface area contributed by atoms with Crippen molar-refractivity contribution in [1.82, 2.24) is 19.8 Å². The molecule has 0 spiro atoms. The maximum absolute atomic E-state index is 5.97. The Labute approximate surface area is 194 Å². The van der Waals surface area contributed by atoms with Crippen LogP contribution in [0.3, 0.4) is 0 Å². The van der Waals surface area contributed by atoms with Gasteiger partial charge in [-0.15, -0.1) is 0 Å². The number of benzene rings is 1. The predicted octanol–water partition coefficient (Wildman–Crippen LogP) is 4.34. The quantitative estimate of drug-likeness (QED) is 0.566. The molecule has 3 aromatic rings. The van der Waals surface area contributed by atoms with Crippen LogP contribution in [-0.4, -0.2) is 45.9 Å². The van der Waals surface area contributed by atoms with Gasteiger partial charge in [0, 0.05) is 36.4 Å². The zero-order valence-electron chi connectivity index (χ0n) is 18.4. The van der Waals surface area contributed by atoms with E-state index >= 15 is 0 Å². The third kappa shape index (κ3) is 3.87. The summed E-state index contributed by atoms with van der Waals surface area (Å²) in [5, 5.41) is 4.31. The molecule has 166 valence electrons. The third-order valence-corrected chi connectivity index (χ3v) is 6.71. The average Bonchev–Trinajstić information content (AvgIpc) is 3.55. The average molecular weight is 449 g/mol. The number of methoxy groups -OCH3 is 1. The zero-order valence-corrected chi connectivity index (χ0v) is 19.2. The topological polar surface area (TPSA) is 51.5 Å². The van der Waals surface area contributed by atoms with Gasteiger partial charge in [-0.2, -0.15) is 0 Å². The fraction of sp³-hybridized carbons (Fsp3) is 0.360. The van der Waals surface area contributed by atoms with Crippen LogP contribution in [0.2, 0.25) is 0 Å². The van der Waals surface area contributed by atoms with Gasteiger partial charge in [0.1, 0.15) is 5.75 Å². The number of nitrogens with zero attached hydrogens (tertiary/aromatic N) is 3. The van der Waals surface area contributed by atoms with E-state index in [0.717, 1.165) is 48.2 Å². The molecule has 0 saturated carbocycles. The smallest absolute Gasteiger partial charge is 0.170 e. The lowest BCUT2D eigenvalue weighted by Gasteiger charge is -2.31. The number of ether oxygens (including phenoxy) is 2. The van der Waals surface area contributed by atoms with Crippen LogP contribution in [0.5, 0.6) is 5.75 Å². The van der Waals surface area contributed by atoms with Gasteiger partial charge in [-0.3, -0.25) is 4.98 Å². The lowest BCUT2D eigenvalue weighted by Crippen LogP contribution is -2.36. The van der Waals surface area contributed by atoms with Crippen molar-refractivity contribution in [3.05, 3.63) is 77.9 Å². The second-order valence-electron chi connectivity index (χ2n) is 8.35. The van der Waals surface area contributed by atoms with Crippen LogP contribution in [0.15, 0.2) is 60.8 Å². The van der Waals surface area contributed by atoms with Crippen LogP contribution in [0.4, 0.5) is 0 Å². The molecule has 7 heteroatoms. The van der Waals surface area contributed by atoms with Crippen molar-refractivity contribution in [2.45, 2.75) is 38.0 Å². The highest BCUT2D eigenvalue weighted by Gasteiger charge is 2.42. The highest BCUT2D eigenvalue weighted by Crippen LogP contribution is 2.40. The van der Waals surface area contributed by atoms with Crippen LogP contribution < -0.4 is 10.1 Å². The summed E-state index contributed by atoms with van der Waals surface area (Å²) in [5.74, 6) is 0.843. The van der Waals surface area contributed by atoms with Crippen molar-refractivity contribution in [3.63, 3.8) is 0 Å². The normalized spacial score (nSPS) is 22.9. The van der Waals surface area contributed by atoms with E-state index in [0.29, 0.717) is 0 Å². The summed E-state index contributed by atoms with van der Waals surface area (Å²) in [7, 11) is 1.69. The highest BCUT2D eigenvalue weighted by atomic mass is 32.1. The first-order valence-corrected chi connectivity index (χ1v) is 11.5.